The lowest BCUT2D eigenvalue weighted by atomic mass is 9.89. The van der Waals surface area contributed by atoms with Crippen LogP contribution < -0.4 is 4.74 Å². The quantitative estimate of drug-likeness (QED) is 0.925. The van der Waals surface area contributed by atoms with Crippen LogP contribution in [-0.2, 0) is 0 Å². The van der Waals surface area contributed by atoms with Crippen LogP contribution >= 0.6 is 0 Å². The zero-order valence-corrected chi connectivity index (χ0v) is 13.0. The van der Waals surface area contributed by atoms with E-state index in [0.717, 1.165) is 31.4 Å². The number of pyridine rings is 1. The molecule has 5 heteroatoms. The third-order valence-electron chi connectivity index (χ3n) is 3.89. The van der Waals surface area contributed by atoms with Crippen molar-refractivity contribution in [3.05, 3.63) is 24.5 Å². The molecule has 0 atom stereocenters. The van der Waals surface area contributed by atoms with E-state index in [1.165, 1.54) is 0 Å². The number of carboxylic acid groups (broad SMARTS) is 1. The molecule has 1 fully saturated rings. The summed E-state index contributed by atoms with van der Waals surface area (Å²) in [4.78, 5) is 17.1. The van der Waals surface area contributed by atoms with Gasteiger partial charge in [-0.25, -0.2) is 4.79 Å². The zero-order chi connectivity index (χ0) is 15.5. The molecule has 2 rings (SSSR count). The van der Waals surface area contributed by atoms with E-state index < -0.39 is 6.09 Å². The molecule has 116 valence electrons. The van der Waals surface area contributed by atoms with Gasteiger partial charge in [0.2, 0.25) is 0 Å². The van der Waals surface area contributed by atoms with Crippen LogP contribution in [0.25, 0.3) is 0 Å². The SMILES string of the molecule is CC(C)(C)N(C(=O)O)[C@H]1CC[C@H](Oc2ccncc2)CC1. The first-order valence-electron chi connectivity index (χ1n) is 7.47. The number of carbonyl (C=O) groups is 1. The van der Waals surface area contributed by atoms with Gasteiger partial charge in [-0.05, 0) is 58.6 Å². The molecule has 1 heterocycles. The maximum absolute atomic E-state index is 11.5. The number of hydrogen-bond donors (Lipinski definition) is 1. The summed E-state index contributed by atoms with van der Waals surface area (Å²) in [5, 5.41) is 9.45. The van der Waals surface area contributed by atoms with Crippen molar-refractivity contribution in [2.45, 2.75) is 64.1 Å². The fourth-order valence-corrected chi connectivity index (χ4v) is 3.02. The highest BCUT2D eigenvalue weighted by atomic mass is 16.5. The number of nitrogens with zero attached hydrogens (tertiary/aromatic N) is 2. The predicted molar refractivity (Wildman–Crippen MR) is 80.5 cm³/mol. The molecule has 1 amide bonds. The Balaban J connectivity index is 1.92. The third kappa shape index (κ3) is 4.09. The van der Waals surface area contributed by atoms with Crippen LogP contribution in [0.4, 0.5) is 4.79 Å². The first-order valence-corrected chi connectivity index (χ1v) is 7.47. The molecule has 0 bridgehead atoms. The summed E-state index contributed by atoms with van der Waals surface area (Å²) < 4.78 is 5.92. The van der Waals surface area contributed by atoms with Crippen molar-refractivity contribution >= 4 is 6.09 Å². The van der Waals surface area contributed by atoms with Gasteiger partial charge in [-0.15, -0.1) is 0 Å². The standard InChI is InChI=1S/C16H24N2O3/c1-16(2,3)18(15(19)20)12-4-6-13(7-5-12)21-14-8-10-17-11-9-14/h8-13H,4-7H2,1-3H3,(H,19,20)/t12-,13-. The highest BCUT2D eigenvalue weighted by Crippen LogP contribution is 2.30. The van der Waals surface area contributed by atoms with Crippen LogP contribution in [0.2, 0.25) is 0 Å². The van der Waals surface area contributed by atoms with Gasteiger partial charge in [-0.1, -0.05) is 0 Å². The fraction of sp³-hybridized carbons (Fsp3) is 0.625. The van der Waals surface area contributed by atoms with E-state index in [9.17, 15) is 9.90 Å². The molecule has 0 aromatic carbocycles. The van der Waals surface area contributed by atoms with Crippen molar-refractivity contribution in [1.29, 1.82) is 0 Å². The largest absolute Gasteiger partial charge is 0.490 e. The van der Waals surface area contributed by atoms with Crippen LogP contribution in [0, 0.1) is 0 Å². The normalized spacial score (nSPS) is 22.6. The van der Waals surface area contributed by atoms with E-state index in [1.807, 2.05) is 32.9 Å². The van der Waals surface area contributed by atoms with Crippen LogP contribution in [0.15, 0.2) is 24.5 Å². The summed E-state index contributed by atoms with van der Waals surface area (Å²) >= 11 is 0. The highest BCUT2D eigenvalue weighted by Gasteiger charge is 2.35. The summed E-state index contributed by atoms with van der Waals surface area (Å²) in [5.74, 6) is 0.833. The molecular formula is C16H24N2O3. The van der Waals surface area contributed by atoms with Gasteiger partial charge in [-0.3, -0.25) is 4.98 Å². The van der Waals surface area contributed by atoms with Crippen molar-refractivity contribution in [3.8, 4) is 5.75 Å². The van der Waals surface area contributed by atoms with Gasteiger partial charge in [0.1, 0.15) is 5.75 Å². The first kappa shape index (κ1) is 15.6. The summed E-state index contributed by atoms with van der Waals surface area (Å²) in [5.41, 5.74) is -0.366. The summed E-state index contributed by atoms with van der Waals surface area (Å²) in [6.45, 7) is 5.84. The third-order valence-corrected chi connectivity index (χ3v) is 3.89. The minimum Gasteiger partial charge on any atom is -0.490 e. The van der Waals surface area contributed by atoms with E-state index in [4.69, 9.17) is 4.74 Å². The second kappa shape index (κ2) is 6.33. The summed E-state index contributed by atoms with van der Waals surface area (Å²) in [7, 11) is 0. The molecule has 5 nitrogen and oxygen atoms in total. The molecule has 0 saturated heterocycles. The van der Waals surface area contributed by atoms with Crippen LogP contribution in [0.1, 0.15) is 46.5 Å². The van der Waals surface area contributed by atoms with Crippen molar-refractivity contribution < 1.29 is 14.6 Å². The van der Waals surface area contributed by atoms with Gasteiger partial charge in [-0.2, -0.15) is 0 Å². The topological polar surface area (TPSA) is 62.7 Å². The number of hydrogen-bond acceptors (Lipinski definition) is 3. The van der Waals surface area contributed by atoms with E-state index in [0.29, 0.717) is 0 Å². The molecule has 1 saturated carbocycles. The molecule has 0 radical (unpaired) electrons. The number of amides is 1. The van der Waals surface area contributed by atoms with E-state index in [-0.39, 0.29) is 17.7 Å². The Morgan fingerprint density at radius 2 is 1.81 bits per heavy atom. The summed E-state index contributed by atoms with van der Waals surface area (Å²) in [6.07, 6.45) is 6.22. The van der Waals surface area contributed by atoms with Crippen molar-refractivity contribution in [3.63, 3.8) is 0 Å². The molecule has 1 aliphatic carbocycles. The lowest BCUT2D eigenvalue weighted by Crippen LogP contribution is -2.52. The Morgan fingerprint density at radius 1 is 1.24 bits per heavy atom. The van der Waals surface area contributed by atoms with Gasteiger partial charge in [0.05, 0.1) is 6.10 Å². The van der Waals surface area contributed by atoms with Gasteiger partial charge >= 0.3 is 6.09 Å². The number of aromatic nitrogens is 1. The number of rotatable bonds is 3. The maximum atomic E-state index is 11.5. The molecule has 1 N–H and O–H groups in total. The average molecular weight is 292 g/mol. The predicted octanol–water partition coefficient (Wildman–Crippen LogP) is 3.55. The highest BCUT2D eigenvalue weighted by molar-refractivity contribution is 5.66. The Morgan fingerprint density at radius 3 is 2.29 bits per heavy atom. The smallest absolute Gasteiger partial charge is 0.407 e. The molecule has 1 aromatic rings. The van der Waals surface area contributed by atoms with Crippen LogP contribution in [0.3, 0.4) is 0 Å². The Bertz CT molecular complexity index is 462. The molecule has 1 aliphatic rings. The average Bonchev–Trinajstić information content (AvgIpc) is 2.40. The molecule has 0 spiro atoms. The van der Waals surface area contributed by atoms with Crippen LogP contribution in [0.5, 0.6) is 5.75 Å². The van der Waals surface area contributed by atoms with Gasteiger partial charge < -0.3 is 14.7 Å². The van der Waals surface area contributed by atoms with Crippen LogP contribution in [-0.4, -0.2) is 38.8 Å². The second-order valence-electron chi connectivity index (χ2n) is 6.55. The second-order valence-corrected chi connectivity index (χ2v) is 6.55. The maximum Gasteiger partial charge on any atom is 0.407 e. The first-order chi connectivity index (χ1) is 9.88. The molecule has 21 heavy (non-hydrogen) atoms. The van der Waals surface area contributed by atoms with E-state index in [2.05, 4.69) is 4.98 Å². The lowest BCUT2D eigenvalue weighted by Gasteiger charge is -2.42. The Hall–Kier alpha value is -1.78. The van der Waals surface area contributed by atoms with Crippen molar-refractivity contribution in [2.75, 3.05) is 0 Å². The minimum atomic E-state index is -0.832. The van der Waals surface area contributed by atoms with E-state index >= 15 is 0 Å². The van der Waals surface area contributed by atoms with Gasteiger partial charge in [0.15, 0.2) is 0 Å². The lowest BCUT2D eigenvalue weighted by molar-refractivity contribution is 0.0367. The van der Waals surface area contributed by atoms with Crippen molar-refractivity contribution in [1.82, 2.24) is 9.88 Å². The zero-order valence-electron chi connectivity index (χ0n) is 13.0. The van der Waals surface area contributed by atoms with E-state index in [1.54, 1.807) is 17.3 Å². The molecule has 0 unspecified atom stereocenters. The minimum absolute atomic E-state index is 0.0831. The van der Waals surface area contributed by atoms with Gasteiger partial charge in [0.25, 0.3) is 0 Å². The molecule has 0 aliphatic heterocycles. The number of ether oxygens (including phenoxy) is 1. The van der Waals surface area contributed by atoms with Gasteiger partial charge in [0, 0.05) is 24.0 Å². The summed E-state index contributed by atoms with van der Waals surface area (Å²) in [6, 6.07) is 3.79. The molecular weight excluding hydrogens is 268 g/mol. The Labute approximate surface area is 125 Å². The molecule has 1 aromatic heterocycles. The fourth-order valence-electron chi connectivity index (χ4n) is 3.02. The van der Waals surface area contributed by atoms with Crippen molar-refractivity contribution in [2.24, 2.45) is 0 Å². The Kier molecular flexibility index (Phi) is 4.70. The monoisotopic (exact) mass is 292 g/mol.